The zero-order chi connectivity index (χ0) is 15.2. The maximum Gasteiger partial charge on any atom is 0.289 e. The smallest absolute Gasteiger partial charge is 0.289 e. The van der Waals surface area contributed by atoms with Crippen LogP contribution in [0.15, 0.2) is 46.1 Å². The Labute approximate surface area is 129 Å². The van der Waals surface area contributed by atoms with E-state index >= 15 is 0 Å². The zero-order valence-electron chi connectivity index (χ0n) is 11.1. The van der Waals surface area contributed by atoms with Gasteiger partial charge >= 0.3 is 0 Å². The number of carbonyl (C=O) groups excluding carboxylic acids is 1. The minimum absolute atomic E-state index is 0.00664. The summed E-state index contributed by atoms with van der Waals surface area (Å²) in [6.45, 7) is 0. The Balaban J connectivity index is 2.08. The Hall–Kier alpha value is -2.41. The highest BCUT2D eigenvalue weighted by atomic mass is 79.9. The van der Waals surface area contributed by atoms with E-state index in [0.717, 1.165) is 0 Å². The number of phenols is 1. The van der Waals surface area contributed by atoms with E-state index in [4.69, 9.17) is 4.74 Å². The summed E-state index contributed by atoms with van der Waals surface area (Å²) in [5.41, 5.74) is 3.30. The lowest BCUT2D eigenvalue weighted by atomic mass is 10.2. The van der Waals surface area contributed by atoms with Crippen molar-refractivity contribution in [3.8, 4) is 11.5 Å². The molecule has 0 bridgehead atoms. The molecule has 0 aliphatic rings. The van der Waals surface area contributed by atoms with Gasteiger partial charge in [-0.05, 0) is 45.8 Å². The largest absolute Gasteiger partial charge is 0.503 e. The highest BCUT2D eigenvalue weighted by Gasteiger charge is 2.08. The third-order valence-electron chi connectivity index (χ3n) is 2.55. The maximum absolute atomic E-state index is 11.7. The van der Waals surface area contributed by atoms with Crippen molar-refractivity contribution in [1.82, 2.24) is 10.4 Å². The van der Waals surface area contributed by atoms with Crippen LogP contribution in [0.3, 0.4) is 0 Å². The number of methoxy groups -OCH3 is 1. The minimum Gasteiger partial charge on any atom is -0.503 e. The number of rotatable bonds is 4. The first kappa shape index (κ1) is 15.0. The molecule has 2 aromatic rings. The summed E-state index contributed by atoms with van der Waals surface area (Å²) in [6.07, 6.45) is 2.97. The number of benzene rings is 1. The van der Waals surface area contributed by atoms with Gasteiger partial charge in [-0.2, -0.15) is 5.10 Å². The molecule has 0 aliphatic heterocycles. The number of carbonyl (C=O) groups is 1. The number of amides is 1. The molecule has 1 heterocycles. The van der Waals surface area contributed by atoms with E-state index in [-0.39, 0.29) is 11.4 Å². The van der Waals surface area contributed by atoms with Crippen LogP contribution in [0.2, 0.25) is 0 Å². The molecule has 0 fully saturated rings. The molecule has 2 rings (SSSR count). The van der Waals surface area contributed by atoms with Crippen molar-refractivity contribution in [2.75, 3.05) is 7.11 Å². The van der Waals surface area contributed by atoms with E-state index in [1.54, 1.807) is 30.3 Å². The van der Waals surface area contributed by atoms with Crippen LogP contribution in [0, 0.1) is 0 Å². The van der Waals surface area contributed by atoms with Crippen LogP contribution in [-0.4, -0.2) is 29.3 Å². The number of aromatic hydroxyl groups is 1. The number of hydrogen-bond acceptors (Lipinski definition) is 5. The molecule has 0 spiro atoms. The van der Waals surface area contributed by atoms with Gasteiger partial charge in [0.2, 0.25) is 0 Å². The van der Waals surface area contributed by atoms with Crippen LogP contribution >= 0.6 is 15.9 Å². The van der Waals surface area contributed by atoms with Crippen molar-refractivity contribution in [2.45, 2.75) is 0 Å². The van der Waals surface area contributed by atoms with E-state index in [1.165, 1.54) is 19.5 Å². The quantitative estimate of drug-likeness (QED) is 0.655. The number of nitrogens with zero attached hydrogens (tertiary/aromatic N) is 2. The molecule has 0 saturated heterocycles. The van der Waals surface area contributed by atoms with Gasteiger partial charge in [-0.25, -0.2) is 5.43 Å². The number of nitrogens with one attached hydrogen (secondary N) is 1. The standard InChI is InChI=1S/C14H12BrN3O3/c1-21-12-7-9(6-10(15)13(12)19)8-17-18-14(20)11-4-2-3-5-16-11/h2-8,19H,1H3,(H,18,20). The van der Waals surface area contributed by atoms with Gasteiger partial charge in [-0.3, -0.25) is 9.78 Å². The molecule has 0 atom stereocenters. The molecule has 1 amide bonds. The zero-order valence-corrected chi connectivity index (χ0v) is 12.7. The number of halogens is 1. The summed E-state index contributed by atoms with van der Waals surface area (Å²) in [5.74, 6) is -0.0919. The van der Waals surface area contributed by atoms with Crippen LogP contribution in [0.25, 0.3) is 0 Å². The maximum atomic E-state index is 11.7. The third kappa shape index (κ3) is 3.79. The first-order valence-electron chi connectivity index (χ1n) is 5.92. The molecular formula is C14H12BrN3O3. The van der Waals surface area contributed by atoms with Crippen molar-refractivity contribution < 1.29 is 14.6 Å². The fourth-order valence-electron chi connectivity index (χ4n) is 1.54. The molecule has 7 heteroatoms. The van der Waals surface area contributed by atoms with Gasteiger partial charge in [-0.15, -0.1) is 0 Å². The molecular weight excluding hydrogens is 338 g/mol. The van der Waals surface area contributed by atoms with Gasteiger partial charge in [0.1, 0.15) is 5.69 Å². The average Bonchev–Trinajstić information content (AvgIpc) is 2.51. The summed E-state index contributed by atoms with van der Waals surface area (Å²) in [5, 5.41) is 13.5. The molecule has 0 radical (unpaired) electrons. The second kappa shape index (κ2) is 6.85. The lowest BCUT2D eigenvalue weighted by Gasteiger charge is -2.06. The topological polar surface area (TPSA) is 83.8 Å². The minimum atomic E-state index is -0.406. The molecule has 0 saturated carbocycles. The summed E-state index contributed by atoms with van der Waals surface area (Å²) in [6, 6.07) is 8.27. The van der Waals surface area contributed by atoms with Crippen molar-refractivity contribution >= 4 is 28.1 Å². The monoisotopic (exact) mass is 349 g/mol. The molecule has 108 valence electrons. The first-order valence-corrected chi connectivity index (χ1v) is 6.72. The Morgan fingerprint density at radius 3 is 2.95 bits per heavy atom. The predicted octanol–water partition coefficient (Wildman–Crippen LogP) is 2.32. The molecule has 6 nitrogen and oxygen atoms in total. The van der Waals surface area contributed by atoms with Gasteiger partial charge in [0, 0.05) is 6.20 Å². The Kier molecular flexibility index (Phi) is 4.89. The number of aromatic nitrogens is 1. The van der Waals surface area contributed by atoms with Crippen LogP contribution < -0.4 is 10.2 Å². The van der Waals surface area contributed by atoms with Crippen LogP contribution in [0.1, 0.15) is 16.1 Å². The van der Waals surface area contributed by atoms with E-state index in [9.17, 15) is 9.90 Å². The molecule has 1 aromatic heterocycles. The van der Waals surface area contributed by atoms with Gasteiger partial charge in [0.25, 0.3) is 5.91 Å². The molecule has 0 aliphatic carbocycles. The number of hydrogen-bond donors (Lipinski definition) is 2. The summed E-state index contributed by atoms with van der Waals surface area (Å²) in [7, 11) is 1.45. The normalized spacial score (nSPS) is 10.6. The molecule has 0 unspecified atom stereocenters. The van der Waals surface area contributed by atoms with Gasteiger partial charge in [0.15, 0.2) is 11.5 Å². The van der Waals surface area contributed by atoms with Crippen LogP contribution in [-0.2, 0) is 0 Å². The number of ether oxygens (including phenoxy) is 1. The second-order valence-electron chi connectivity index (χ2n) is 3.97. The lowest BCUT2D eigenvalue weighted by molar-refractivity contribution is 0.0950. The van der Waals surface area contributed by atoms with E-state index < -0.39 is 5.91 Å². The summed E-state index contributed by atoms with van der Waals surface area (Å²) in [4.78, 5) is 15.6. The van der Waals surface area contributed by atoms with Crippen molar-refractivity contribution in [2.24, 2.45) is 5.10 Å². The van der Waals surface area contributed by atoms with Crippen molar-refractivity contribution in [3.63, 3.8) is 0 Å². The van der Waals surface area contributed by atoms with Gasteiger partial charge in [-0.1, -0.05) is 6.07 Å². The SMILES string of the molecule is COc1cc(C=NNC(=O)c2ccccn2)cc(Br)c1O. The molecule has 1 aromatic carbocycles. The number of hydrazone groups is 1. The van der Waals surface area contributed by atoms with E-state index in [1.807, 2.05) is 0 Å². The highest BCUT2D eigenvalue weighted by Crippen LogP contribution is 2.34. The Bertz CT molecular complexity index is 675. The van der Waals surface area contributed by atoms with Crippen LogP contribution in [0.4, 0.5) is 0 Å². The van der Waals surface area contributed by atoms with Crippen molar-refractivity contribution in [3.05, 3.63) is 52.3 Å². The molecule has 2 N–H and O–H groups in total. The van der Waals surface area contributed by atoms with Gasteiger partial charge in [0.05, 0.1) is 17.8 Å². The number of phenolic OH excluding ortho intramolecular Hbond substituents is 1. The Morgan fingerprint density at radius 2 is 2.29 bits per heavy atom. The van der Waals surface area contributed by atoms with Crippen molar-refractivity contribution in [1.29, 1.82) is 0 Å². The average molecular weight is 350 g/mol. The highest BCUT2D eigenvalue weighted by molar-refractivity contribution is 9.10. The Morgan fingerprint density at radius 1 is 1.48 bits per heavy atom. The van der Waals surface area contributed by atoms with Gasteiger partial charge < -0.3 is 9.84 Å². The number of pyridine rings is 1. The fraction of sp³-hybridized carbons (Fsp3) is 0.0714. The van der Waals surface area contributed by atoms with Crippen LogP contribution in [0.5, 0.6) is 11.5 Å². The second-order valence-corrected chi connectivity index (χ2v) is 4.82. The first-order chi connectivity index (χ1) is 10.1. The van der Waals surface area contributed by atoms with E-state index in [2.05, 4.69) is 31.4 Å². The summed E-state index contributed by atoms with van der Waals surface area (Å²) >= 11 is 3.21. The fourth-order valence-corrected chi connectivity index (χ4v) is 2.00. The summed E-state index contributed by atoms with van der Waals surface area (Å²) < 4.78 is 5.50. The lowest BCUT2D eigenvalue weighted by Crippen LogP contribution is -2.18. The van der Waals surface area contributed by atoms with E-state index in [0.29, 0.717) is 15.8 Å². The molecule has 21 heavy (non-hydrogen) atoms. The predicted molar refractivity (Wildman–Crippen MR) is 81.7 cm³/mol. The third-order valence-corrected chi connectivity index (χ3v) is 3.15.